The van der Waals surface area contributed by atoms with E-state index in [2.05, 4.69) is 0 Å². The van der Waals surface area contributed by atoms with Gasteiger partial charge in [-0.15, -0.1) is 11.6 Å². The molecule has 2 rings (SSSR count). The monoisotopic (exact) mass is 201 g/mol. The van der Waals surface area contributed by atoms with Crippen molar-refractivity contribution < 1.29 is 4.79 Å². The van der Waals surface area contributed by atoms with E-state index in [1.54, 1.807) is 0 Å². The molecule has 2 fully saturated rings. The molecule has 0 aliphatic heterocycles. The molecule has 0 unspecified atom stereocenters. The van der Waals surface area contributed by atoms with Gasteiger partial charge in [-0.25, -0.2) is 0 Å². The number of halogens is 1. The van der Waals surface area contributed by atoms with Gasteiger partial charge in [-0.3, -0.25) is 4.79 Å². The van der Waals surface area contributed by atoms with Gasteiger partial charge in [-0.2, -0.15) is 0 Å². The van der Waals surface area contributed by atoms with Crippen LogP contribution in [0.5, 0.6) is 0 Å². The van der Waals surface area contributed by atoms with E-state index in [1.807, 2.05) is 4.90 Å². The van der Waals surface area contributed by atoms with Crippen LogP contribution in [0.3, 0.4) is 0 Å². The molecule has 74 valence electrons. The summed E-state index contributed by atoms with van der Waals surface area (Å²) in [7, 11) is 0. The van der Waals surface area contributed by atoms with Gasteiger partial charge in [-0.1, -0.05) is 0 Å². The van der Waals surface area contributed by atoms with Crippen LogP contribution in [0.15, 0.2) is 0 Å². The van der Waals surface area contributed by atoms with Crippen molar-refractivity contribution in [1.29, 1.82) is 0 Å². The molecule has 0 aromatic rings. The Bertz CT molecular complexity index is 199. The molecule has 2 aliphatic rings. The summed E-state index contributed by atoms with van der Waals surface area (Å²) in [6.45, 7) is 0.752. The van der Waals surface area contributed by atoms with E-state index in [4.69, 9.17) is 11.6 Å². The van der Waals surface area contributed by atoms with Crippen molar-refractivity contribution in [2.75, 3.05) is 12.4 Å². The Morgan fingerprint density at radius 1 is 1.31 bits per heavy atom. The number of hydrogen-bond acceptors (Lipinski definition) is 1. The third-order valence-electron chi connectivity index (χ3n) is 3.05. The zero-order chi connectivity index (χ0) is 9.26. The fourth-order valence-electron chi connectivity index (χ4n) is 1.83. The molecular formula is C10H16ClNO. The minimum atomic E-state index is 0.351. The smallest absolute Gasteiger partial charge is 0.225 e. The second-order valence-electron chi connectivity index (χ2n) is 4.08. The Kier molecular flexibility index (Phi) is 2.77. The summed E-state index contributed by atoms with van der Waals surface area (Å²) in [6.07, 6.45) is 5.86. The lowest BCUT2D eigenvalue weighted by atomic mass is 9.91. The molecular weight excluding hydrogens is 186 g/mol. The zero-order valence-electron chi connectivity index (χ0n) is 7.84. The highest BCUT2D eigenvalue weighted by atomic mass is 35.5. The van der Waals surface area contributed by atoms with E-state index < -0.39 is 0 Å². The number of alkyl halides is 1. The average molecular weight is 202 g/mol. The van der Waals surface area contributed by atoms with E-state index >= 15 is 0 Å². The van der Waals surface area contributed by atoms with Gasteiger partial charge in [0.1, 0.15) is 0 Å². The molecule has 0 heterocycles. The van der Waals surface area contributed by atoms with Gasteiger partial charge in [0, 0.05) is 24.4 Å². The topological polar surface area (TPSA) is 20.3 Å². The lowest BCUT2D eigenvalue weighted by molar-refractivity contribution is -0.136. The number of carbonyl (C=O) groups excluding carboxylic acids is 1. The standard InChI is InChI=1S/C10H16ClNO/c11-6-7-12(9-2-1-3-9)10(13)8-4-5-8/h8-9H,1-7H2. The SMILES string of the molecule is O=C(C1CC1)N(CCCl)C1CCC1. The van der Waals surface area contributed by atoms with Crippen LogP contribution in [0.25, 0.3) is 0 Å². The highest BCUT2D eigenvalue weighted by Gasteiger charge is 2.37. The molecule has 2 nitrogen and oxygen atoms in total. The van der Waals surface area contributed by atoms with Gasteiger partial charge in [0.15, 0.2) is 0 Å². The highest BCUT2D eigenvalue weighted by Crippen LogP contribution is 2.34. The van der Waals surface area contributed by atoms with Crippen molar-refractivity contribution in [2.24, 2.45) is 5.92 Å². The van der Waals surface area contributed by atoms with Gasteiger partial charge >= 0.3 is 0 Å². The summed E-state index contributed by atoms with van der Waals surface area (Å²) in [4.78, 5) is 13.8. The summed E-state index contributed by atoms with van der Waals surface area (Å²) in [6, 6.07) is 0.520. The first-order valence-corrected chi connectivity index (χ1v) is 5.73. The van der Waals surface area contributed by atoms with Gasteiger partial charge in [0.05, 0.1) is 0 Å². The highest BCUT2D eigenvalue weighted by molar-refractivity contribution is 6.18. The van der Waals surface area contributed by atoms with Crippen LogP contribution in [-0.4, -0.2) is 29.3 Å². The van der Waals surface area contributed by atoms with Crippen LogP contribution >= 0.6 is 11.6 Å². The van der Waals surface area contributed by atoms with Crippen molar-refractivity contribution in [3.63, 3.8) is 0 Å². The first-order valence-electron chi connectivity index (χ1n) is 5.19. The predicted octanol–water partition coefficient (Wildman–Crippen LogP) is 2.02. The second-order valence-corrected chi connectivity index (χ2v) is 4.46. The molecule has 2 aliphatic carbocycles. The summed E-state index contributed by atoms with van der Waals surface area (Å²) < 4.78 is 0. The van der Waals surface area contributed by atoms with Crippen LogP contribution in [-0.2, 0) is 4.79 Å². The maximum Gasteiger partial charge on any atom is 0.225 e. The zero-order valence-corrected chi connectivity index (χ0v) is 8.59. The Morgan fingerprint density at radius 3 is 2.38 bits per heavy atom. The molecule has 0 aromatic carbocycles. The molecule has 2 saturated carbocycles. The van der Waals surface area contributed by atoms with Gasteiger partial charge in [-0.05, 0) is 32.1 Å². The number of hydrogen-bond donors (Lipinski definition) is 0. The molecule has 0 aromatic heterocycles. The van der Waals surface area contributed by atoms with Gasteiger partial charge < -0.3 is 4.90 Å². The normalized spacial score (nSPS) is 22.5. The van der Waals surface area contributed by atoms with Crippen LogP contribution in [0, 0.1) is 5.92 Å². The minimum absolute atomic E-state index is 0.351. The van der Waals surface area contributed by atoms with Crippen molar-refractivity contribution in [3.05, 3.63) is 0 Å². The molecule has 0 atom stereocenters. The van der Waals surface area contributed by atoms with E-state index in [1.165, 1.54) is 19.3 Å². The molecule has 0 N–H and O–H groups in total. The molecule has 0 bridgehead atoms. The summed E-state index contributed by atoms with van der Waals surface area (Å²) in [5.74, 6) is 1.30. The Balaban J connectivity index is 1.90. The summed E-state index contributed by atoms with van der Waals surface area (Å²) >= 11 is 5.70. The number of rotatable bonds is 4. The third-order valence-corrected chi connectivity index (χ3v) is 3.22. The molecule has 13 heavy (non-hydrogen) atoms. The molecule has 0 radical (unpaired) electrons. The predicted molar refractivity (Wildman–Crippen MR) is 52.8 cm³/mol. The fourth-order valence-corrected chi connectivity index (χ4v) is 2.01. The number of nitrogens with zero attached hydrogens (tertiary/aromatic N) is 1. The minimum Gasteiger partial charge on any atom is -0.338 e. The fraction of sp³-hybridized carbons (Fsp3) is 0.900. The van der Waals surface area contributed by atoms with E-state index in [9.17, 15) is 4.79 Å². The molecule has 0 spiro atoms. The van der Waals surface area contributed by atoms with Crippen molar-refractivity contribution >= 4 is 17.5 Å². The number of amides is 1. The lowest BCUT2D eigenvalue weighted by Gasteiger charge is -2.37. The Labute approximate surface area is 84.2 Å². The summed E-state index contributed by atoms with van der Waals surface area (Å²) in [5.41, 5.74) is 0. The number of carbonyl (C=O) groups is 1. The Hall–Kier alpha value is -0.240. The largest absolute Gasteiger partial charge is 0.338 e. The van der Waals surface area contributed by atoms with Crippen LogP contribution in [0.4, 0.5) is 0 Å². The molecule has 1 amide bonds. The van der Waals surface area contributed by atoms with Crippen LogP contribution in [0.1, 0.15) is 32.1 Å². The second kappa shape index (κ2) is 3.87. The first kappa shape index (κ1) is 9.32. The summed E-state index contributed by atoms with van der Waals surface area (Å²) in [5, 5.41) is 0. The van der Waals surface area contributed by atoms with E-state index in [0.717, 1.165) is 19.4 Å². The third kappa shape index (κ3) is 1.98. The van der Waals surface area contributed by atoms with Crippen LogP contribution < -0.4 is 0 Å². The van der Waals surface area contributed by atoms with Crippen molar-refractivity contribution in [1.82, 2.24) is 4.90 Å². The van der Waals surface area contributed by atoms with Crippen LogP contribution in [0.2, 0.25) is 0 Å². The Morgan fingerprint density at radius 2 is 2.00 bits per heavy atom. The molecule has 0 saturated heterocycles. The average Bonchev–Trinajstić information content (AvgIpc) is 2.81. The maximum atomic E-state index is 11.8. The first-order chi connectivity index (χ1) is 6.33. The maximum absolute atomic E-state index is 11.8. The van der Waals surface area contributed by atoms with Crippen molar-refractivity contribution in [3.8, 4) is 0 Å². The van der Waals surface area contributed by atoms with Crippen molar-refractivity contribution in [2.45, 2.75) is 38.1 Å². The van der Waals surface area contributed by atoms with E-state index in [0.29, 0.717) is 23.7 Å². The quantitative estimate of drug-likeness (QED) is 0.638. The molecule has 3 heteroatoms. The van der Waals surface area contributed by atoms with E-state index in [-0.39, 0.29) is 0 Å². The van der Waals surface area contributed by atoms with Gasteiger partial charge in [0.25, 0.3) is 0 Å². The van der Waals surface area contributed by atoms with Gasteiger partial charge in [0.2, 0.25) is 5.91 Å². The lowest BCUT2D eigenvalue weighted by Crippen LogP contribution is -2.45.